The van der Waals surface area contributed by atoms with Crippen LogP contribution in [0.15, 0.2) is 24.3 Å². The third-order valence-electron chi connectivity index (χ3n) is 5.01. The number of carbonyl (C=O) groups is 3. The number of hydrogen-bond acceptors (Lipinski definition) is 6. The second-order valence-electron chi connectivity index (χ2n) is 8.10. The molecule has 3 rings (SSSR count). The smallest absolute Gasteiger partial charge is 0.357 e. The molecule has 1 atom stereocenters. The SMILES string of the molecule is COC(=O)c1nc(NC(=O)[C@H](CC(C)C)N2Cc3ccccc3C2=O)sc1C(C)C. The molecule has 1 aliphatic rings. The van der Waals surface area contributed by atoms with E-state index in [1.54, 1.807) is 11.0 Å². The number of ether oxygens (including phenoxy) is 1. The van der Waals surface area contributed by atoms with Crippen LogP contribution in [-0.2, 0) is 16.1 Å². The van der Waals surface area contributed by atoms with E-state index in [0.29, 0.717) is 23.7 Å². The summed E-state index contributed by atoms with van der Waals surface area (Å²) in [5.41, 5.74) is 1.79. The van der Waals surface area contributed by atoms with Gasteiger partial charge in [-0.1, -0.05) is 45.9 Å². The van der Waals surface area contributed by atoms with E-state index in [1.165, 1.54) is 18.4 Å². The van der Waals surface area contributed by atoms with E-state index in [9.17, 15) is 14.4 Å². The molecule has 1 aromatic carbocycles. The summed E-state index contributed by atoms with van der Waals surface area (Å²) in [5, 5.41) is 3.17. The maximum absolute atomic E-state index is 13.2. The highest BCUT2D eigenvalue weighted by Crippen LogP contribution is 2.32. The number of benzene rings is 1. The minimum Gasteiger partial charge on any atom is -0.464 e. The summed E-state index contributed by atoms with van der Waals surface area (Å²) in [4.78, 5) is 44.9. The van der Waals surface area contributed by atoms with E-state index in [0.717, 1.165) is 10.4 Å². The van der Waals surface area contributed by atoms with Crippen molar-refractivity contribution >= 4 is 34.3 Å². The summed E-state index contributed by atoms with van der Waals surface area (Å²) in [6.07, 6.45) is 0.526. The predicted octanol–water partition coefficient (Wildman–Crippen LogP) is 4.06. The van der Waals surface area contributed by atoms with Crippen molar-refractivity contribution in [2.75, 3.05) is 12.4 Å². The van der Waals surface area contributed by atoms with Crippen molar-refractivity contribution < 1.29 is 19.1 Å². The number of amides is 2. The molecule has 1 N–H and O–H groups in total. The fraction of sp³-hybridized carbons (Fsp3) is 0.455. The number of esters is 1. The lowest BCUT2D eigenvalue weighted by molar-refractivity contribution is -0.121. The monoisotopic (exact) mass is 429 g/mol. The zero-order chi connectivity index (χ0) is 22.0. The van der Waals surface area contributed by atoms with Gasteiger partial charge in [0.25, 0.3) is 5.91 Å². The Balaban J connectivity index is 1.85. The second kappa shape index (κ2) is 8.95. The van der Waals surface area contributed by atoms with Crippen molar-refractivity contribution in [2.45, 2.75) is 52.6 Å². The summed E-state index contributed by atoms with van der Waals surface area (Å²) in [7, 11) is 1.30. The molecular formula is C22H27N3O4S. The minimum absolute atomic E-state index is 0.0587. The second-order valence-corrected chi connectivity index (χ2v) is 9.13. The minimum atomic E-state index is -0.627. The van der Waals surface area contributed by atoms with E-state index < -0.39 is 12.0 Å². The van der Waals surface area contributed by atoms with Crippen LogP contribution in [-0.4, -0.2) is 40.8 Å². The van der Waals surface area contributed by atoms with Crippen molar-refractivity contribution in [3.05, 3.63) is 46.0 Å². The summed E-state index contributed by atoms with van der Waals surface area (Å²) < 4.78 is 4.82. The summed E-state index contributed by atoms with van der Waals surface area (Å²) in [6, 6.07) is 6.80. The Kier molecular flexibility index (Phi) is 6.55. The Morgan fingerprint density at radius 1 is 1.23 bits per heavy atom. The number of nitrogens with one attached hydrogen (secondary N) is 1. The molecule has 2 amide bonds. The first kappa shape index (κ1) is 22.0. The number of rotatable bonds is 7. The Labute approximate surface area is 180 Å². The van der Waals surface area contributed by atoms with Crippen LogP contribution in [0.4, 0.5) is 5.13 Å². The van der Waals surface area contributed by atoms with Crippen LogP contribution >= 0.6 is 11.3 Å². The molecule has 2 heterocycles. The molecule has 0 spiro atoms. The lowest BCUT2D eigenvalue weighted by Gasteiger charge is -2.27. The van der Waals surface area contributed by atoms with Crippen molar-refractivity contribution in [3.8, 4) is 0 Å². The van der Waals surface area contributed by atoms with E-state index in [-0.39, 0.29) is 29.3 Å². The fourth-order valence-corrected chi connectivity index (χ4v) is 4.52. The lowest BCUT2D eigenvalue weighted by atomic mass is 10.0. The maximum atomic E-state index is 13.2. The van der Waals surface area contributed by atoms with Gasteiger partial charge in [-0.05, 0) is 29.9 Å². The Morgan fingerprint density at radius 2 is 1.93 bits per heavy atom. The molecule has 1 aromatic heterocycles. The maximum Gasteiger partial charge on any atom is 0.357 e. The molecule has 160 valence electrons. The number of nitrogens with zero attached hydrogens (tertiary/aromatic N) is 2. The average molecular weight is 430 g/mol. The normalized spacial score (nSPS) is 14.2. The van der Waals surface area contributed by atoms with Gasteiger partial charge in [-0.15, -0.1) is 11.3 Å². The molecule has 0 radical (unpaired) electrons. The van der Waals surface area contributed by atoms with Gasteiger partial charge in [0, 0.05) is 17.0 Å². The van der Waals surface area contributed by atoms with Gasteiger partial charge < -0.3 is 15.0 Å². The van der Waals surface area contributed by atoms with Gasteiger partial charge in [-0.2, -0.15) is 0 Å². The zero-order valence-corrected chi connectivity index (χ0v) is 18.7. The van der Waals surface area contributed by atoms with Gasteiger partial charge in [0.15, 0.2) is 10.8 Å². The molecule has 0 bridgehead atoms. The van der Waals surface area contributed by atoms with Crippen LogP contribution < -0.4 is 5.32 Å². The lowest BCUT2D eigenvalue weighted by Crippen LogP contribution is -2.45. The van der Waals surface area contributed by atoms with Crippen LogP contribution in [0, 0.1) is 5.92 Å². The number of methoxy groups -OCH3 is 1. The highest BCUT2D eigenvalue weighted by atomic mass is 32.1. The number of hydrogen-bond donors (Lipinski definition) is 1. The van der Waals surface area contributed by atoms with Crippen molar-refractivity contribution in [1.29, 1.82) is 0 Å². The van der Waals surface area contributed by atoms with Gasteiger partial charge in [-0.25, -0.2) is 9.78 Å². The molecule has 2 aromatic rings. The topological polar surface area (TPSA) is 88.6 Å². The Bertz CT molecular complexity index is 967. The van der Waals surface area contributed by atoms with E-state index >= 15 is 0 Å². The molecule has 30 heavy (non-hydrogen) atoms. The van der Waals surface area contributed by atoms with Crippen molar-refractivity contribution in [2.24, 2.45) is 5.92 Å². The quantitative estimate of drug-likeness (QED) is 0.671. The third kappa shape index (κ3) is 4.38. The van der Waals surface area contributed by atoms with E-state index in [4.69, 9.17) is 4.74 Å². The zero-order valence-electron chi connectivity index (χ0n) is 17.9. The van der Waals surface area contributed by atoms with Crippen LogP contribution in [0.25, 0.3) is 0 Å². The largest absolute Gasteiger partial charge is 0.464 e. The van der Waals surface area contributed by atoms with E-state index in [2.05, 4.69) is 10.3 Å². The first-order valence-corrected chi connectivity index (χ1v) is 10.8. The fourth-order valence-electron chi connectivity index (χ4n) is 3.56. The Morgan fingerprint density at radius 3 is 2.53 bits per heavy atom. The van der Waals surface area contributed by atoms with Crippen LogP contribution in [0.3, 0.4) is 0 Å². The molecule has 0 saturated heterocycles. The van der Waals surface area contributed by atoms with Crippen LogP contribution in [0.2, 0.25) is 0 Å². The van der Waals surface area contributed by atoms with E-state index in [1.807, 2.05) is 45.9 Å². The number of aromatic nitrogens is 1. The van der Waals surface area contributed by atoms with Crippen molar-refractivity contribution in [3.63, 3.8) is 0 Å². The standard InChI is InChI=1S/C22H27N3O4S/c1-12(2)10-16(25-11-14-8-6-7-9-15(14)20(25)27)19(26)24-22-23-17(21(28)29-5)18(30-22)13(3)4/h6-9,12-13,16H,10-11H2,1-5H3,(H,23,24,26)/t16-/m0/s1. The number of fused-ring (bicyclic) bond motifs is 1. The van der Waals surface area contributed by atoms with Crippen LogP contribution in [0.5, 0.6) is 0 Å². The molecule has 8 heteroatoms. The number of carbonyl (C=O) groups excluding carboxylic acids is 3. The third-order valence-corrected chi connectivity index (χ3v) is 6.28. The van der Waals surface area contributed by atoms with Crippen LogP contribution in [0.1, 0.15) is 71.3 Å². The van der Waals surface area contributed by atoms with Gasteiger partial charge in [0.2, 0.25) is 5.91 Å². The number of thiazole rings is 1. The summed E-state index contributed by atoms with van der Waals surface area (Å²) in [5.74, 6) is -0.692. The van der Waals surface area contributed by atoms with Crippen molar-refractivity contribution in [1.82, 2.24) is 9.88 Å². The molecule has 0 fully saturated rings. The molecular weight excluding hydrogens is 402 g/mol. The van der Waals surface area contributed by atoms with Gasteiger partial charge in [0.1, 0.15) is 6.04 Å². The number of anilines is 1. The Hall–Kier alpha value is -2.74. The van der Waals surface area contributed by atoms with Gasteiger partial charge in [0.05, 0.1) is 7.11 Å². The first-order chi connectivity index (χ1) is 14.2. The predicted molar refractivity (Wildman–Crippen MR) is 116 cm³/mol. The molecule has 0 aliphatic carbocycles. The first-order valence-electron chi connectivity index (χ1n) is 10.0. The molecule has 1 aliphatic heterocycles. The summed E-state index contributed by atoms with van der Waals surface area (Å²) >= 11 is 1.26. The highest BCUT2D eigenvalue weighted by molar-refractivity contribution is 7.16. The molecule has 0 saturated carbocycles. The molecule has 0 unspecified atom stereocenters. The van der Waals surface area contributed by atoms with Gasteiger partial charge >= 0.3 is 5.97 Å². The highest BCUT2D eigenvalue weighted by Gasteiger charge is 2.37. The van der Waals surface area contributed by atoms with Gasteiger partial charge in [-0.3, -0.25) is 9.59 Å². The average Bonchev–Trinajstić information content (AvgIpc) is 3.27. The molecule has 7 nitrogen and oxygen atoms in total. The summed E-state index contributed by atoms with van der Waals surface area (Å²) in [6.45, 7) is 8.34.